The SMILES string of the molecule is CCCCCC[C@H](CCCOC(C)=O)OC(C)=O. The predicted molar refractivity (Wildman–Crippen MR) is 70.2 cm³/mol. The minimum Gasteiger partial charge on any atom is -0.466 e. The lowest BCUT2D eigenvalue weighted by atomic mass is 10.1. The van der Waals surface area contributed by atoms with Gasteiger partial charge in [-0.3, -0.25) is 9.59 Å². The van der Waals surface area contributed by atoms with Crippen molar-refractivity contribution in [3.63, 3.8) is 0 Å². The van der Waals surface area contributed by atoms with Crippen molar-refractivity contribution >= 4 is 11.9 Å². The van der Waals surface area contributed by atoms with E-state index in [0.717, 1.165) is 25.7 Å². The normalized spacial score (nSPS) is 11.9. The van der Waals surface area contributed by atoms with Crippen molar-refractivity contribution in [1.82, 2.24) is 0 Å². The molecule has 0 bridgehead atoms. The number of esters is 2. The first-order valence-electron chi connectivity index (χ1n) is 6.86. The summed E-state index contributed by atoms with van der Waals surface area (Å²) in [5.41, 5.74) is 0. The maximum atomic E-state index is 11.0. The molecule has 0 amide bonds. The van der Waals surface area contributed by atoms with E-state index in [1.807, 2.05) is 0 Å². The van der Waals surface area contributed by atoms with E-state index in [1.165, 1.54) is 33.1 Å². The molecule has 0 saturated heterocycles. The Labute approximate surface area is 110 Å². The highest BCUT2D eigenvalue weighted by Gasteiger charge is 2.11. The molecule has 0 aromatic rings. The van der Waals surface area contributed by atoms with Crippen LogP contribution in [-0.4, -0.2) is 24.6 Å². The smallest absolute Gasteiger partial charge is 0.302 e. The quantitative estimate of drug-likeness (QED) is 0.446. The van der Waals surface area contributed by atoms with Gasteiger partial charge < -0.3 is 9.47 Å². The summed E-state index contributed by atoms with van der Waals surface area (Å²) in [6, 6.07) is 0. The lowest BCUT2D eigenvalue weighted by Gasteiger charge is -2.16. The van der Waals surface area contributed by atoms with Crippen molar-refractivity contribution < 1.29 is 19.1 Å². The summed E-state index contributed by atoms with van der Waals surface area (Å²) in [5.74, 6) is -0.495. The van der Waals surface area contributed by atoms with Crippen LogP contribution >= 0.6 is 0 Å². The third kappa shape index (κ3) is 11.4. The van der Waals surface area contributed by atoms with E-state index < -0.39 is 0 Å². The molecular weight excluding hydrogens is 232 g/mol. The highest BCUT2D eigenvalue weighted by molar-refractivity contribution is 5.66. The second-order valence-electron chi connectivity index (χ2n) is 4.56. The molecule has 0 aliphatic carbocycles. The first-order chi connectivity index (χ1) is 8.56. The van der Waals surface area contributed by atoms with Gasteiger partial charge in [0.15, 0.2) is 0 Å². The van der Waals surface area contributed by atoms with E-state index in [4.69, 9.17) is 9.47 Å². The van der Waals surface area contributed by atoms with Crippen LogP contribution in [0.5, 0.6) is 0 Å². The Morgan fingerprint density at radius 3 is 2.17 bits per heavy atom. The topological polar surface area (TPSA) is 52.6 Å². The fourth-order valence-corrected chi connectivity index (χ4v) is 1.82. The fourth-order valence-electron chi connectivity index (χ4n) is 1.82. The molecule has 0 unspecified atom stereocenters. The van der Waals surface area contributed by atoms with Crippen LogP contribution in [-0.2, 0) is 19.1 Å². The maximum Gasteiger partial charge on any atom is 0.302 e. The van der Waals surface area contributed by atoms with Gasteiger partial charge in [-0.05, 0) is 25.7 Å². The fraction of sp³-hybridized carbons (Fsp3) is 0.857. The van der Waals surface area contributed by atoms with Gasteiger partial charge >= 0.3 is 11.9 Å². The van der Waals surface area contributed by atoms with Crippen molar-refractivity contribution in [3.8, 4) is 0 Å². The molecule has 0 heterocycles. The number of carbonyl (C=O) groups excluding carboxylic acids is 2. The molecule has 18 heavy (non-hydrogen) atoms. The zero-order chi connectivity index (χ0) is 13.8. The summed E-state index contributed by atoms with van der Waals surface area (Å²) >= 11 is 0. The molecule has 106 valence electrons. The Kier molecular flexibility index (Phi) is 10.4. The Bertz CT molecular complexity index is 238. The molecule has 0 aliphatic heterocycles. The lowest BCUT2D eigenvalue weighted by molar-refractivity contribution is -0.148. The van der Waals surface area contributed by atoms with E-state index in [-0.39, 0.29) is 18.0 Å². The van der Waals surface area contributed by atoms with Gasteiger partial charge in [0.2, 0.25) is 0 Å². The van der Waals surface area contributed by atoms with Crippen LogP contribution < -0.4 is 0 Å². The van der Waals surface area contributed by atoms with Gasteiger partial charge in [-0.1, -0.05) is 26.2 Å². The monoisotopic (exact) mass is 258 g/mol. The number of hydrogen-bond donors (Lipinski definition) is 0. The molecule has 4 heteroatoms. The molecule has 4 nitrogen and oxygen atoms in total. The van der Waals surface area contributed by atoms with Crippen molar-refractivity contribution in [1.29, 1.82) is 0 Å². The van der Waals surface area contributed by atoms with Gasteiger partial charge in [-0.2, -0.15) is 0 Å². The molecule has 0 N–H and O–H groups in total. The Hall–Kier alpha value is -1.06. The second-order valence-corrected chi connectivity index (χ2v) is 4.56. The first kappa shape index (κ1) is 16.9. The van der Waals surface area contributed by atoms with Crippen molar-refractivity contribution in [2.75, 3.05) is 6.61 Å². The predicted octanol–water partition coefficient (Wildman–Crippen LogP) is 3.23. The summed E-state index contributed by atoms with van der Waals surface area (Å²) in [4.78, 5) is 21.6. The summed E-state index contributed by atoms with van der Waals surface area (Å²) in [7, 11) is 0. The van der Waals surface area contributed by atoms with Gasteiger partial charge in [0, 0.05) is 13.8 Å². The minimum absolute atomic E-state index is 0.0325. The highest BCUT2D eigenvalue weighted by atomic mass is 16.5. The Morgan fingerprint density at radius 2 is 1.61 bits per heavy atom. The molecule has 0 aliphatic rings. The summed E-state index contributed by atoms with van der Waals surface area (Å²) < 4.78 is 10.1. The van der Waals surface area contributed by atoms with E-state index in [9.17, 15) is 9.59 Å². The molecule has 0 aromatic carbocycles. The van der Waals surface area contributed by atoms with Crippen LogP contribution in [0.3, 0.4) is 0 Å². The van der Waals surface area contributed by atoms with Crippen LogP contribution in [0.2, 0.25) is 0 Å². The van der Waals surface area contributed by atoms with Gasteiger partial charge in [-0.25, -0.2) is 0 Å². The highest BCUT2D eigenvalue weighted by Crippen LogP contribution is 2.13. The van der Waals surface area contributed by atoms with E-state index in [0.29, 0.717) is 6.61 Å². The lowest BCUT2D eigenvalue weighted by Crippen LogP contribution is -2.17. The van der Waals surface area contributed by atoms with Crippen molar-refractivity contribution in [2.24, 2.45) is 0 Å². The molecule has 0 aromatic heterocycles. The maximum absolute atomic E-state index is 11.0. The molecule has 0 rings (SSSR count). The average Bonchev–Trinajstić information content (AvgIpc) is 2.28. The molecule has 0 spiro atoms. The van der Waals surface area contributed by atoms with Crippen LogP contribution in [0.15, 0.2) is 0 Å². The summed E-state index contributed by atoms with van der Waals surface area (Å²) in [6.07, 6.45) is 7.06. The number of hydrogen-bond acceptors (Lipinski definition) is 4. The molecule has 0 radical (unpaired) electrons. The third-order valence-electron chi connectivity index (χ3n) is 2.69. The van der Waals surface area contributed by atoms with Gasteiger partial charge in [0.05, 0.1) is 6.61 Å². The summed E-state index contributed by atoms with van der Waals surface area (Å²) in [5, 5.41) is 0. The van der Waals surface area contributed by atoms with E-state index in [2.05, 4.69) is 6.92 Å². The van der Waals surface area contributed by atoms with Crippen LogP contribution in [0, 0.1) is 0 Å². The van der Waals surface area contributed by atoms with E-state index >= 15 is 0 Å². The van der Waals surface area contributed by atoms with E-state index in [1.54, 1.807) is 0 Å². The standard InChI is InChI=1S/C14H26O4/c1-4-5-6-7-9-14(18-13(3)16)10-8-11-17-12(2)15/h14H,4-11H2,1-3H3/t14-/m1/s1. The first-order valence-corrected chi connectivity index (χ1v) is 6.86. The second kappa shape index (κ2) is 11.1. The largest absolute Gasteiger partial charge is 0.466 e. The van der Waals surface area contributed by atoms with Gasteiger partial charge in [0.25, 0.3) is 0 Å². The van der Waals surface area contributed by atoms with Crippen LogP contribution in [0.1, 0.15) is 65.7 Å². The molecular formula is C14H26O4. The number of rotatable bonds is 10. The Balaban J connectivity index is 3.76. The zero-order valence-electron chi connectivity index (χ0n) is 11.9. The number of ether oxygens (including phenoxy) is 2. The van der Waals surface area contributed by atoms with Gasteiger partial charge in [-0.15, -0.1) is 0 Å². The third-order valence-corrected chi connectivity index (χ3v) is 2.69. The number of carbonyl (C=O) groups is 2. The van der Waals surface area contributed by atoms with Crippen LogP contribution in [0.25, 0.3) is 0 Å². The molecule has 1 atom stereocenters. The minimum atomic E-state index is -0.262. The molecule has 0 saturated carbocycles. The van der Waals surface area contributed by atoms with Crippen molar-refractivity contribution in [3.05, 3.63) is 0 Å². The van der Waals surface area contributed by atoms with Gasteiger partial charge in [0.1, 0.15) is 6.10 Å². The summed E-state index contributed by atoms with van der Waals surface area (Å²) in [6.45, 7) is 5.41. The zero-order valence-corrected chi connectivity index (χ0v) is 11.9. The average molecular weight is 258 g/mol. The van der Waals surface area contributed by atoms with Crippen LogP contribution in [0.4, 0.5) is 0 Å². The Morgan fingerprint density at radius 1 is 0.944 bits per heavy atom. The number of unbranched alkanes of at least 4 members (excludes halogenated alkanes) is 3. The van der Waals surface area contributed by atoms with Crippen molar-refractivity contribution in [2.45, 2.75) is 71.8 Å². The molecule has 0 fully saturated rings.